The van der Waals surface area contributed by atoms with Gasteiger partial charge >= 0.3 is 0 Å². The van der Waals surface area contributed by atoms with Crippen LogP contribution in [0, 0.1) is 0 Å². The molecule has 0 N–H and O–H groups in total. The largest absolute Gasteiger partial charge is 0.235 e. The zero-order chi connectivity index (χ0) is 11.5. The van der Waals surface area contributed by atoms with Crippen molar-refractivity contribution in [2.75, 3.05) is 0 Å². The molecule has 3 rings (SSSR count). The number of pyridine rings is 1. The number of rotatable bonds is 2. The molecule has 0 spiro atoms. The van der Waals surface area contributed by atoms with Crippen molar-refractivity contribution in [2.45, 2.75) is 6.54 Å². The van der Waals surface area contributed by atoms with Gasteiger partial charge in [0.25, 0.3) is 0 Å². The maximum Gasteiger partial charge on any atom is 0.207 e. The fourth-order valence-corrected chi connectivity index (χ4v) is 1.79. The lowest BCUT2D eigenvalue weighted by Gasteiger charge is -1.99. The van der Waals surface area contributed by atoms with Gasteiger partial charge in [0.15, 0.2) is 18.2 Å². The van der Waals surface area contributed by atoms with E-state index in [-0.39, 0.29) is 0 Å². The summed E-state index contributed by atoms with van der Waals surface area (Å²) in [5, 5.41) is 1.08. The smallest absolute Gasteiger partial charge is 0.207 e. The zero-order valence-corrected chi connectivity index (χ0v) is 9.32. The highest BCUT2D eigenvalue weighted by molar-refractivity contribution is 5.77. The van der Waals surface area contributed by atoms with Crippen LogP contribution >= 0.6 is 0 Å². The van der Waals surface area contributed by atoms with Gasteiger partial charge in [0, 0.05) is 23.7 Å². The Balaban J connectivity index is 1.96. The lowest BCUT2D eigenvalue weighted by Crippen LogP contribution is -2.33. The number of hydrogen-bond acceptors (Lipinski definition) is 2. The Hall–Kier alpha value is -2.29. The van der Waals surface area contributed by atoms with E-state index in [1.165, 1.54) is 0 Å². The van der Waals surface area contributed by atoms with E-state index in [0.717, 1.165) is 16.7 Å². The number of aromatic nitrogens is 3. The van der Waals surface area contributed by atoms with Gasteiger partial charge in [0.1, 0.15) is 0 Å². The van der Waals surface area contributed by atoms with E-state index >= 15 is 0 Å². The third kappa shape index (κ3) is 2.13. The second-order valence-electron chi connectivity index (χ2n) is 3.89. The highest BCUT2D eigenvalue weighted by Crippen LogP contribution is 2.09. The summed E-state index contributed by atoms with van der Waals surface area (Å²) >= 11 is 0. The van der Waals surface area contributed by atoms with E-state index in [1.54, 1.807) is 0 Å². The summed E-state index contributed by atoms with van der Waals surface area (Å²) < 4.78 is 2.06. The van der Waals surface area contributed by atoms with Crippen LogP contribution in [0.3, 0.4) is 0 Å². The zero-order valence-electron chi connectivity index (χ0n) is 9.32. The Morgan fingerprint density at radius 3 is 2.65 bits per heavy atom. The summed E-state index contributed by atoms with van der Waals surface area (Å²) in [7, 11) is 0. The molecular weight excluding hydrogens is 210 g/mol. The normalized spacial score (nSPS) is 10.6. The third-order valence-corrected chi connectivity index (χ3v) is 2.64. The molecule has 0 radical (unpaired) electrons. The first-order valence-corrected chi connectivity index (χ1v) is 5.56. The average Bonchev–Trinajstić information content (AvgIpc) is 2.40. The fraction of sp³-hybridized carbons (Fsp3) is 0.0714. The maximum absolute atomic E-state index is 4.54. The van der Waals surface area contributed by atoms with E-state index in [2.05, 4.69) is 14.5 Å². The van der Waals surface area contributed by atoms with Crippen LogP contribution in [-0.2, 0) is 6.54 Å². The summed E-state index contributed by atoms with van der Waals surface area (Å²) in [6.45, 7) is 0.700. The summed E-state index contributed by atoms with van der Waals surface area (Å²) in [5.41, 5.74) is 0.994. The minimum absolute atomic E-state index is 0.700. The first-order chi connectivity index (χ1) is 8.42. The molecule has 3 nitrogen and oxygen atoms in total. The molecule has 2 heterocycles. The number of hydrogen-bond donors (Lipinski definition) is 0. The first-order valence-electron chi connectivity index (χ1n) is 5.56. The molecule has 0 fully saturated rings. The van der Waals surface area contributed by atoms with Gasteiger partial charge in [0.2, 0.25) is 6.54 Å². The van der Waals surface area contributed by atoms with E-state index in [0.29, 0.717) is 6.54 Å². The van der Waals surface area contributed by atoms with Gasteiger partial charge in [-0.1, -0.05) is 24.3 Å². The molecule has 0 unspecified atom stereocenters. The van der Waals surface area contributed by atoms with Crippen LogP contribution in [0.1, 0.15) is 5.82 Å². The summed E-state index contributed by atoms with van der Waals surface area (Å²) in [5.74, 6) is 0.833. The first kappa shape index (κ1) is 9.90. The van der Waals surface area contributed by atoms with Crippen LogP contribution in [-0.4, -0.2) is 9.97 Å². The Morgan fingerprint density at radius 1 is 0.941 bits per heavy atom. The monoisotopic (exact) mass is 222 g/mol. The molecule has 17 heavy (non-hydrogen) atoms. The van der Waals surface area contributed by atoms with E-state index in [1.807, 2.05) is 61.1 Å². The molecule has 1 aromatic carbocycles. The fourth-order valence-electron chi connectivity index (χ4n) is 1.79. The molecule has 0 aliphatic rings. The van der Waals surface area contributed by atoms with Gasteiger partial charge in [0.05, 0.1) is 5.52 Å². The van der Waals surface area contributed by atoms with Gasteiger partial charge < -0.3 is 0 Å². The van der Waals surface area contributed by atoms with Gasteiger partial charge in [-0.25, -0.2) is 9.97 Å². The average molecular weight is 222 g/mol. The van der Waals surface area contributed by atoms with Crippen molar-refractivity contribution >= 4 is 10.9 Å². The van der Waals surface area contributed by atoms with Crippen LogP contribution < -0.4 is 4.57 Å². The summed E-state index contributed by atoms with van der Waals surface area (Å²) in [6, 6.07) is 14.0. The van der Waals surface area contributed by atoms with Gasteiger partial charge in [-0.3, -0.25) is 0 Å². The molecule has 0 saturated carbocycles. The van der Waals surface area contributed by atoms with E-state index in [4.69, 9.17) is 0 Å². The number of nitrogens with zero attached hydrogens (tertiary/aromatic N) is 3. The van der Waals surface area contributed by atoms with E-state index in [9.17, 15) is 0 Å². The van der Waals surface area contributed by atoms with Crippen molar-refractivity contribution < 1.29 is 4.57 Å². The molecule has 0 amide bonds. The number of fused-ring (bicyclic) bond motifs is 1. The van der Waals surface area contributed by atoms with Crippen molar-refractivity contribution in [3.8, 4) is 0 Å². The molecule has 0 saturated heterocycles. The van der Waals surface area contributed by atoms with Gasteiger partial charge in [-0.15, -0.1) is 0 Å². The van der Waals surface area contributed by atoms with E-state index < -0.39 is 0 Å². The Kier molecular flexibility index (Phi) is 2.50. The highest BCUT2D eigenvalue weighted by Gasteiger charge is 2.05. The molecule has 0 bridgehead atoms. The maximum atomic E-state index is 4.54. The Labute approximate surface area is 99.4 Å². The van der Waals surface area contributed by atoms with Crippen molar-refractivity contribution in [3.63, 3.8) is 0 Å². The molecule has 0 aliphatic carbocycles. The van der Waals surface area contributed by atoms with Crippen LogP contribution in [0.25, 0.3) is 10.9 Å². The van der Waals surface area contributed by atoms with Crippen LogP contribution in [0.15, 0.2) is 61.1 Å². The SMILES string of the molecule is c1cc[n+](Cc2ncc3ccccc3n2)cc1. The lowest BCUT2D eigenvalue weighted by molar-refractivity contribution is -0.689. The Bertz CT molecular complexity index is 635. The summed E-state index contributed by atoms with van der Waals surface area (Å²) in [6.07, 6.45) is 5.90. The molecular formula is C14H12N3+. The van der Waals surface area contributed by atoms with Crippen LogP contribution in [0.4, 0.5) is 0 Å². The second kappa shape index (κ2) is 4.29. The highest BCUT2D eigenvalue weighted by atomic mass is 15.0. The van der Waals surface area contributed by atoms with Crippen LogP contribution in [0.2, 0.25) is 0 Å². The third-order valence-electron chi connectivity index (χ3n) is 2.64. The van der Waals surface area contributed by atoms with Crippen molar-refractivity contribution in [3.05, 3.63) is 66.9 Å². The van der Waals surface area contributed by atoms with Crippen molar-refractivity contribution in [2.24, 2.45) is 0 Å². The second-order valence-corrected chi connectivity index (χ2v) is 3.89. The molecule has 0 aliphatic heterocycles. The predicted octanol–water partition coefficient (Wildman–Crippen LogP) is 1.97. The molecule has 82 valence electrons. The quantitative estimate of drug-likeness (QED) is 0.620. The molecule has 2 aromatic heterocycles. The Morgan fingerprint density at radius 2 is 1.76 bits per heavy atom. The van der Waals surface area contributed by atoms with Crippen molar-refractivity contribution in [1.82, 2.24) is 9.97 Å². The topological polar surface area (TPSA) is 29.7 Å². The molecule has 0 atom stereocenters. The minimum Gasteiger partial charge on any atom is -0.235 e. The predicted molar refractivity (Wildman–Crippen MR) is 65.3 cm³/mol. The number of para-hydroxylation sites is 1. The van der Waals surface area contributed by atoms with Crippen LogP contribution in [0.5, 0.6) is 0 Å². The lowest BCUT2D eigenvalue weighted by atomic mass is 10.2. The van der Waals surface area contributed by atoms with Crippen molar-refractivity contribution in [1.29, 1.82) is 0 Å². The summed E-state index contributed by atoms with van der Waals surface area (Å²) in [4.78, 5) is 8.91. The van der Waals surface area contributed by atoms with Gasteiger partial charge in [-0.05, 0) is 6.07 Å². The van der Waals surface area contributed by atoms with Gasteiger partial charge in [-0.2, -0.15) is 4.57 Å². The molecule has 3 heteroatoms. The standard InChI is InChI=1S/C14H12N3/c1-4-8-17(9-5-1)11-14-15-10-12-6-2-3-7-13(12)16-14/h1-10H,11H2/q+1. The number of benzene rings is 1. The minimum atomic E-state index is 0.700. The molecule has 3 aromatic rings.